The van der Waals surface area contributed by atoms with Crippen molar-refractivity contribution in [1.82, 2.24) is 9.55 Å². The first-order valence-electron chi connectivity index (χ1n) is 9.39. The van der Waals surface area contributed by atoms with Gasteiger partial charge in [0.15, 0.2) is 6.23 Å². The molecule has 0 radical (unpaired) electrons. The number of aromatic nitrogens is 2. The van der Waals surface area contributed by atoms with Gasteiger partial charge in [0.05, 0.1) is 24.7 Å². The van der Waals surface area contributed by atoms with E-state index in [1.807, 2.05) is 4.98 Å². The highest BCUT2D eigenvalue weighted by molar-refractivity contribution is 7.66. The molecule has 1 aromatic heterocycles. The fourth-order valence-corrected chi connectivity index (χ4v) is 6.72. The van der Waals surface area contributed by atoms with Crippen LogP contribution in [0, 0.1) is 24.7 Å². The van der Waals surface area contributed by atoms with Crippen molar-refractivity contribution in [1.29, 1.82) is 0 Å². The Hall–Kier alpha value is -1.50. The SMILES string of the molecule is CC#CC1(F)C(CO)[C@@H]([C@@H](C)OP(=O)(O)OP(=O)(O)OP(=O)(O)O)O[C@H]1n1c(C)cc(=O)[nH]c1=O. The van der Waals surface area contributed by atoms with Crippen molar-refractivity contribution in [2.75, 3.05) is 6.61 Å². The summed E-state index contributed by atoms with van der Waals surface area (Å²) in [7, 11) is -17.1. The standard InChI is InChI=1S/C15H22FN2O14P3/c1-4-5-15(16)10(7-19)12(29-13(15)18-8(2)6-11(20)17-14(18)21)9(3)30-34(25,26)32-35(27,28)31-33(22,23)24/h6,9-10,12-13,19H,7H2,1-3H3,(H,25,26)(H,27,28)(H,17,20,21)(H2,22,23,24)/t9-,10?,12-,13-,15?/m1/s1. The van der Waals surface area contributed by atoms with Crippen LogP contribution in [0.2, 0.25) is 0 Å². The highest BCUT2D eigenvalue weighted by Crippen LogP contribution is 2.67. The number of alkyl halides is 1. The summed E-state index contributed by atoms with van der Waals surface area (Å²) >= 11 is 0. The molecular weight excluding hydrogens is 544 g/mol. The highest BCUT2D eigenvalue weighted by atomic mass is 31.3. The van der Waals surface area contributed by atoms with Gasteiger partial charge in [0, 0.05) is 11.8 Å². The van der Waals surface area contributed by atoms with Crippen LogP contribution in [0.1, 0.15) is 25.8 Å². The van der Waals surface area contributed by atoms with E-state index in [2.05, 4.69) is 25.0 Å². The molecule has 6 N–H and O–H groups in total. The number of aryl methyl sites for hydroxylation is 1. The van der Waals surface area contributed by atoms with Crippen LogP contribution in [0.15, 0.2) is 15.7 Å². The van der Waals surface area contributed by atoms with Crippen molar-refractivity contribution in [2.24, 2.45) is 5.92 Å². The lowest BCUT2D eigenvalue weighted by Gasteiger charge is -2.28. The molecule has 0 aliphatic carbocycles. The number of hydrogen-bond acceptors (Lipinski definition) is 10. The van der Waals surface area contributed by atoms with Gasteiger partial charge in [0.1, 0.15) is 0 Å². The van der Waals surface area contributed by atoms with E-state index in [9.17, 15) is 38.2 Å². The number of nitrogens with zero attached hydrogens (tertiary/aromatic N) is 1. The summed E-state index contributed by atoms with van der Waals surface area (Å²) in [5, 5.41) is 9.86. The number of phosphoric acid groups is 3. The molecule has 1 fully saturated rings. The Morgan fingerprint density at radius 2 is 1.83 bits per heavy atom. The normalized spacial score (nSPS) is 29.0. The summed E-state index contributed by atoms with van der Waals surface area (Å²) < 4.78 is 68.8. The van der Waals surface area contributed by atoms with Crippen molar-refractivity contribution in [3.8, 4) is 11.8 Å². The Balaban J connectivity index is 2.43. The van der Waals surface area contributed by atoms with E-state index < -0.39 is 71.3 Å². The summed E-state index contributed by atoms with van der Waals surface area (Å²) in [6.45, 7) is 2.55. The Kier molecular flexibility index (Phi) is 8.89. The van der Waals surface area contributed by atoms with Gasteiger partial charge in [0.25, 0.3) is 5.56 Å². The quantitative estimate of drug-likeness (QED) is 0.168. The minimum Gasteiger partial charge on any atom is -0.396 e. The van der Waals surface area contributed by atoms with Gasteiger partial charge in [-0.3, -0.25) is 18.9 Å². The van der Waals surface area contributed by atoms with Gasteiger partial charge in [-0.25, -0.2) is 22.9 Å². The zero-order chi connectivity index (χ0) is 27.0. The van der Waals surface area contributed by atoms with E-state index in [1.165, 1.54) is 13.8 Å². The van der Waals surface area contributed by atoms with E-state index in [0.29, 0.717) is 4.57 Å². The third-order valence-electron chi connectivity index (χ3n) is 4.68. The molecule has 0 spiro atoms. The minimum absolute atomic E-state index is 0.0541. The van der Waals surface area contributed by atoms with Crippen LogP contribution in [0.5, 0.6) is 0 Å². The van der Waals surface area contributed by atoms with Gasteiger partial charge in [-0.2, -0.15) is 8.62 Å². The molecule has 1 aliphatic heterocycles. The number of nitrogens with one attached hydrogen (secondary N) is 1. The van der Waals surface area contributed by atoms with Crippen molar-refractivity contribution in [3.63, 3.8) is 0 Å². The number of aliphatic hydroxyl groups is 1. The topological polar surface area (TPSA) is 244 Å². The van der Waals surface area contributed by atoms with Crippen molar-refractivity contribution < 1.29 is 60.6 Å². The van der Waals surface area contributed by atoms with Crippen LogP contribution in [-0.4, -0.2) is 58.7 Å². The van der Waals surface area contributed by atoms with E-state index in [1.54, 1.807) is 0 Å². The van der Waals surface area contributed by atoms with Crippen molar-refractivity contribution in [3.05, 3.63) is 32.6 Å². The molecular formula is C15H22FN2O14P3. The molecule has 4 unspecified atom stereocenters. The lowest BCUT2D eigenvalue weighted by Crippen LogP contribution is -2.45. The van der Waals surface area contributed by atoms with E-state index in [-0.39, 0.29) is 5.69 Å². The van der Waals surface area contributed by atoms with Gasteiger partial charge < -0.3 is 29.4 Å². The van der Waals surface area contributed by atoms with Gasteiger partial charge in [-0.1, -0.05) is 5.92 Å². The summed E-state index contributed by atoms with van der Waals surface area (Å²) in [6.07, 6.45) is -5.28. The average molecular weight is 566 g/mol. The summed E-state index contributed by atoms with van der Waals surface area (Å²) in [5.41, 5.74) is -4.74. The molecule has 0 bridgehead atoms. The molecule has 0 aromatic carbocycles. The van der Waals surface area contributed by atoms with Gasteiger partial charge in [0.2, 0.25) is 5.67 Å². The molecule has 1 saturated heterocycles. The van der Waals surface area contributed by atoms with Crippen molar-refractivity contribution >= 4 is 23.5 Å². The number of H-pyrrole nitrogens is 1. The number of rotatable bonds is 9. The smallest absolute Gasteiger partial charge is 0.396 e. The van der Waals surface area contributed by atoms with Crippen LogP contribution < -0.4 is 11.2 Å². The first-order valence-corrected chi connectivity index (χ1v) is 13.9. The summed E-state index contributed by atoms with van der Waals surface area (Å²) in [6, 6.07) is 0.960. The van der Waals surface area contributed by atoms with E-state index >= 15 is 4.39 Å². The maximum atomic E-state index is 16.2. The Labute approximate surface area is 196 Å². The highest BCUT2D eigenvalue weighted by Gasteiger charge is 2.60. The van der Waals surface area contributed by atoms with Crippen LogP contribution in [0.25, 0.3) is 0 Å². The molecule has 35 heavy (non-hydrogen) atoms. The lowest BCUT2D eigenvalue weighted by molar-refractivity contribution is -0.0751. The molecule has 0 saturated carbocycles. The average Bonchev–Trinajstić information content (AvgIpc) is 2.90. The predicted octanol–water partition coefficient (Wildman–Crippen LogP) is -0.186. The van der Waals surface area contributed by atoms with Crippen LogP contribution in [0.4, 0.5) is 4.39 Å². The van der Waals surface area contributed by atoms with Crippen LogP contribution >= 0.6 is 23.5 Å². The van der Waals surface area contributed by atoms with Gasteiger partial charge in [-0.15, -0.1) is 5.92 Å². The van der Waals surface area contributed by atoms with E-state index in [4.69, 9.17) is 14.5 Å². The zero-order valence-corrected chi connectivity index (χ0v) is 20.9. The molecule has 198 valence electrons. The lowest BCUT2D eigenvalue weighted by atomic mass is 9.85. The maximum absolute atomic E-state index is 16.2. The van der Waals surface area contributed by atoms with E-state index in [0.717, 1.165) is 13.0 Å². The number of hydrogen-bond donors (Lipinski definition) is 6. The van der Waals surface area contributed by atoms with Gasteiger partial charge in [-0.05, 0) is 20.8 Å². The first kappa shape index (κ1) is 29.7. The Bertz CT molecular complexity index is 1280. The van der Waals surface area contributed by atoms with Crippen molar-refractivity contribution in [2.45, 2.75) is 44.9 Å². The number of halogens is 1. The molecule has 7 atom stereocenters. The second-order valence-electron chi connectivity index (χ2n) is 7.24. The summed E-state index contributed by atoms with van der Waals surface area (Å²) in [5.74, 6) is 2.84. The third-order valence-corrected chi connectivity index (χ3v) is 8.60. The minimum atomic E-state index is -5.83. The molecule has 0 amide bonds. The number of aromatic amines is 1. The zero-order valence-electron chi connectivity index (χ0n) is 18.2. The maximum Gasteiger partial charge on any atom is 0.490 e. The molecule has 2 rings (SSSR count). The predicted molar refractivity (Wildman–Crippen MR) is 112 cm³/mol. The fraction of sp³-hybridized carbons (Fsp3) is 0.600. The largest absolute Gasteiger partial charge is 0.490 e. The second-order valence-corrected chi connectivity index (χ2v) is 11.6. The van der Waals surface area contributed by atoms with Gasteiger partial charge >= 0.3 is 29.2 Å². The fourth-order valence-electron chi connectivity index (χ4n) is 3.52. The molecule has 20 heteroatoms. The van der Waals surface area contributed by atoms with Crippen LogP contribution in [-0.2, 0) is 31.6 Å². The Morgan fingerprint density at radius 3 is 2.31 bits per heavy atom. The molecule has 1 aromatic rings. The third kappa shape index (κ3) is 7.05. The van der Waals surface area contributed by atoms with Crippen LogP contribution in [0.3, 0.4) is 0 Å². The second kappa shape index (κ2) is 10.5. The monoisotopic (exact) mass is 566 g/mol. The first-order chi connectivity index (χ1) is 15.9. The number of phosphoric ester groups is 1. The molecule has 2 heterocycles. The molecule has 1 aliphatic rings. The number of ether oxygens (including phenoxy) is 1. The number of aliphatic hydroxyl groups excluding tert-OH is 1. The Morgan fingerprint density at radius 1 is 1.23 bits per heavy atom. The molecule has 16 nitrogen and oxygen atoms in total. The summed E-state index contributed by atoms with van der Waals surface area (Å²) in [4.78, 5) is 62.1.